The molecule has 260 valence electrons. The number of hydrogen-bond donors (Lipinski definition) is 2. The lowest BCUT2D eigenvalue weighted by Gasteiger charge is -2.27. The Kier molecular flexibility index (Phi) is 7.52. The maximum atomic E-state index is 14.1. The number of pyridine rings is 2. The van der Waals surface area contributed by atoms with Crippen molar-refractivity contribution in [3.63, 3.8) is 0 Å². The maximum absolute atomic E-state index is 14.1. The van der Waals surface area contributed by atoms with Crippen LogP contribution in [0.15, 0.2) is 73.1 Å². The molecule has 10 nitrogen and oxygen atoms in total. The number of ether oxygens (including phenoxy) is 1. The highest BCUT2D eigenvalue weighted by atomic mass is 16.5. The van der Waals surface area contributed by atoms with E-state index in [2.05, 4.69) is 45.5 Å². The number of aryl methyl sites for hydroxylation is 2. The number of fused-ring (bicyclic) bond motifs is 13. The molecule has 6 aromatic rings. The number of nitrogens with zero attached hydrogens (tertiary/aromatic N) is 6. The lowest BCUT2D eigenvalue weighted by molar-refractivity contribution is 0.0699. The van der Waals surface area contributed by atoms with Gasteiger partial charge in [-0.25, -0.2) is 9.97 Å². The van der Waals surface area contributed by atoms with Crippen LogP contribution in [0.2, 0.25) is 0 Å². The summed E-state index contributed by atoms with van der Waals surface area (Å²) >= 11 is 0. The molecule has 3 aliphatic rings. The van der Waals surface area contributed by atoms with Crippen LogP contribution in [-0.4, -0.2) is 65.7 Å². The zero-order valence-corrected chi connectivity index (χ0v) is 29.3. The minimum Gasteiger partial charge on any atom is -0.494 e. The Labute approximate surface area is 296 Å². The van der Waals surface area contributed by atoms with Crippen molar-refractivity contribution in [1.82, 2.24) is 29.0 Å². The summed E-state index contributed by atoms with van der Waals surface area (Å²) in [4.78, 5) is 31.1. The third kappa shape index (κ3) is 5.31. The van der Waals surface area contributed by atoms with Crippen molar-refractivity contribution in [1.29, 1.82) is 0 Å². The highest BCUT2D eigenvalue weighted by Crippen LogP contribution is 2.40. The van der Waals surface area contributed by atoms with Gasteiger partial charge in [0.2, 0.25) is 0 Å². The normalized spacial score (nSPS) is 20.3. The first-order valence-corrected chi connectivity index (χ1v) is 18.1. The van der Waals surface area contributed by atoms with Crippen LogP contribution in [0.5, 0.6) is 5.75 Å². The first-order chi connectivity index (χ1) is 24.7. The topological polar surface area (TPSA) is 124 Å². The number of piperidine rings is 1. The van der Waals surface area contributed by atoms with Gasteiger partial charge in [0.1, 0.15) is 22.5 Å². The Hall–Kier alpha value is -5.06. The van der Waals surface area contributed by atoms with Gasteiger partial charge in [-0.1, -0.05) is 24.3 Å². The molecular weight excluding hydrogens is 638 g/mol. The molecule has 1 saturated heterocycles. The number of carbonyl (C=O) groups is 1. The van der Waals surface area contributed by atoms with Crippen molar-refractivity contribution in [3.05, 3.63) is 95.4 Å². The summed E-state index contributed by atoms with van der Waals surface area (Å²) in [6.45, 7) is 5.42. The minimum absolute atomic E-state index is 0.0274. The first kappa shape index (κ1) is 31.9. The predicted molar refractivity (Wildman–Crippen MR) is 197 cm³/mol. The average molecular weight is 682 g/mol. The number of carbonyl (C=O) groups excluding carboxylic acids is 1. The zero-order valence-electron chi connectivity index (χ0n) is 29.3. The van der Waals surface area contributed by atoms with Crippen molar-refractivity contribution >= 4 is 28.0 Å². The van der Waals surface area contributed by atoms with Crippen molar-refractivity contribution in [2.75, 3.05) is 13.7 Å². The van der Waals surface area contributed by atoms with Gasteiger partial charge in [0.25, 0.3) is 5.91 Å². The molecule has 3 atom stereocenters. The van der Waals surface area contributed by atoms with E-state index in [0.717, 1.165) is 77.8 Å². The number of aliphatic hydroxyl groups is 1. The van der Waals surface area contributed by atoms with Crippen LogP contribution in [0, 0.1) is 5.92 Å². The maximum Gasteiger partial charge on any atom is 0.254 e. The standard InChI is InChI=1S/C41H43N7O3/c1-41(2,50)35-14-12-26-18-33-39-44-31-17-28(40(49)47-23-27-11-13-32(47)36(27)42)19-34(51-3)37(31)48(39)22-24-16-29(21-43-20-24)30-10-5-4-8-25(30)9-6-7-15-46(33)38(26)45-35/h4-5,8,10,12,14,16-21,27,32,36,50H,6-7,9,11,13,15,22-23,42H2,1-3H3/t27-,32-,36-/m1/s1. The molecule has 2 aliphatic heterocycles. The number of nitrogens with two attached hydrogens (primary N) is 1. The van der Waals surface area contributed by atoms with E-state index in [0.29, 0.717) is 41.5 Å². The monoisotopic (exact) mass is 681 g/mol. The fourth-order valence-corrected chi connectivity index (χ4v) is 8.70. The number of benzene rings is 2. The summed E-state index contributed by atoms with van der Waals surface area (Å²) in [5.41, 5.74) is 14.4. The van der Waals surface area contributed by atoms with Crippen molar-refractivity contribution in [2.45, 2.75) is 76.7 Å². The van der Waals surface area contributed by atoms with Crippen molar-refractivity contribution in [2.24, 2.45) is 11.7 Å². The van der Waals surface area contributed by atoms with Crippen molar-refractivity contribution in [3.8, 4) is 28.4 Å². The zero-order chi connectivity index (χ0) is 35.0. The van der Waals surface area contributed by atoms with Gasteiger partial charge in [0.15, 0.2) is 5.82 Å². The number of rotatable bonds is 3. The van der Waals surface area contributed by atoms with Crippen LogP contribution in [0.3, 0.4) is 0 Å². The molecule has 1 saturated carbocycles. The Morgan fingerprint density at radius 1 is 1.00 bits per heavy atom. The van der Waals surface area contributed by atoms with E-state index in [1.807, 2.05) is 41.6 Å². The Morgan fingerprint density at radius 2 is 1.86 bits per heavy atom. The van der Waals surface area contributed by atoms with E-state index < -0.39 is 5.60 Å². The van der Waals surface area contributed by atoms with Crippen molar-refractivity contribution < 1.29 is 14.6 Å². The van der Waals surface area contributed by atoms with Gasteiger partial charge in [0.05, 0.1) is 30.6 Å². The predicted octanol–water partition coefficient (Wildman–Crippen LogP) is 6.30. The van der Waals surface area contributed by atoms with Gasteiger partial charge in [-0.2, -0.15) is 0 Å². The Bertz CT molecular complexity index is 2330. The summed E-state index contributed by atoms with van der Waals surface area (Å²) < 4.78 is 10.5. The summed E-state index contributed by atoms with van der Waals surface area (Å²) in [6, 6.07) is 20.8. The fraction of sp³-hybridized carbons (Fsp3) is 0.366. The van der Waals surface area contributed by atoms with Crippen LogP contribution in [-0.2, 0) is 25.1 Å². The quantitative estimate of drug-likeness (QED) is 0.225. The average Bonchev–Trinajstić information content (AvgIpc) is 3.88. The molecule has 0 radical (unpaired) electrons. The SMILES string of the molecule is COc1cc(C(=O)N2C[C@H]3CC[C@@H]2[C@@H]3N)cc2nc3n(c12)Cc1cncc(c1)-c1ccccc1CCCCn1c-3cc2ccc(C(C)(C)O)nc21. The molecule has 51 heavy (non-hydrogen) atoms. The number of imidazole rings is 1. The molecule has 4 bridgehead atoms. The highest BCUT2D eigenvalue weighted by molar-refractivity contribution is 6.00. The highest BCUT2D eigenvalue weighted by Gasteiger charge is 2.47. The molecule has 1 aliphatic carbocycles. The molecule has 2 aromatic carbocycles. The molecule has 9 rings (SSSR count). The third-order valence-corrected chi connectivity index (χ3v) is 11.3. The molecule has 2 fully saturated rings. The summed E-state index contributed by atoms with van der Waals surface area (Å²) in [7, 11) is 1.65. The van der Waals surface area contributed by atoms with E-state index in [-0.39, 0.29) is 18.0 Å². The van der Waals surface area contributed by atoms with Gasteiger partial charge in [-0.15, -0.1) is 0 Å². The summed E-state index contributed by atoms with van der Waals surface area (Å²) in [5.74, 6) is 1.67. The summed E-state index contributed by atoms with van der Waals surface area (Å²) in [6.07, 6.45) is 8.71. The van der Waals surface area contributed by atoms with Crippen LogP contribution in [0.25, 0.3) is 44.7 Å². The van der Waals surface area contributed by atoms with Crippen LogP contribution < -0.4 is 10.5 Å². The summed E-state index contributed by atoms with van der Waals surface area (Å²) in [5, 5.41) is 11.9. The Balaban J connectivity index is 1.26. The largest absolute Gasteiger partial charge is 0.494 e. The van der Waals surface area contributed by atoms with E-state index in [1.165, 1.54) is 11.1 Å². The first-order valence-electron chi connectivity index (χ1n) is 18.1. The molecule has 1 amide bonds. The fourth-order valence-electron chi connectivity index (χ4n) is 8.70. The molecule has 0 spiro atoms. The molecular formula is C41H43N7O3. The molecule has 10 heteroatoms. The smallest absolute Gasteiger partial charge is 0.254 e. The van der Waals surface area contributed by atoms with Gasteiger partial charge in [0, 0.05) is 54.1 Å². The number of methoxy groups -OCH3 is 1. The van der Waals surface area contributed by atoms with Crippen LogP contribution in [0.1, 0.15) is 66.7 Å². The van der Waals surface area contributed by atoms with Gasteiger partial charge in [-0.3, -0.25) is 9.78 Å². The molecule has 4 aromatic heterocycles. The lowest BCUT2D eigenvalue weighted by Crippen LogP contribution is -2.41. The van der Waals surface area contributed by atoms with E-state index >= 15 is 0 Å². The number of amides is 1. The Morgan fingerprint density at radius 3 is 2.65 bits per heavy atom. The lowest BCUT2D eigenvalue weighted by atomic mass is 9.96. The van der Waals surface area contributed by atoms with E-state index in [1.54, 1.807) is 21.0 Å². The molecule has 3 N–H and O–H groups in total. The number of hydrogen-bond acceptors (Lipinski definition) is 7. The number of aromatic nitrogens is 5. The van der Waals surface area contributed by atoms with Crippen LogP contribution >= 0.6 is 0 Å². The van der Waals surface area contributed by atoms with E-state index in [9.17, 15) is 9.90 Å². The van der Waals surface area contributed by atoms with Crippen LogP contribution in [0.4, 0.5) is 0 Å². The third-order valence-electron chi connectivity index (χ3n) is 11.3. The number of likely N-dealkylation sites (tertiary alicyclic amines) is 1. The second-order valence-corrected chi connectivity index (χ2v) is 15.1. The molecule has 0 unspecified atom stereocenters. The molecule has 6 heterocycles. The minimum atomic E-state index is -1.09. The second-order valence-electron chi connectivity index (χ2n) is 15.1. The van der Waals surface area contributed by atoms with Gasteiger partial charge in [-0.05, 0) is 105 Å². The van der Waals surface area contributed by atoms with E-state index in [4.69, 9.17) is 25.4 Å². The second kappa shape index (κ2) is 12.0. The van der Waals surface area contributed by atoms with Gasteiger partial charge >= 0.3 is 0 Å². The van der Waals surface area contributed by atoms with Gasteiger partial charge < -0.3 is 29.6 Å².